The molecule has 0 aliphatic heterocycles. The number of halogens is 1. The molecule has 0 heterocycles. The quantitative estimate of drug-likeness (QED) is 0.679. The van der Waals surface area contributed by atoms with E-state index < -0.39 is 0 Å². The Balaban J connectivity index is 0.000000252. The first kappa shape index (κ1) is 12.5. The van der Waals surface area contributed by atoms with Gasteiger partial charge >= 0.3 is 0 Å². The lowest BCUT2D eigenvalue weighted by molar-refractivity contribution is 0.162. The van der Waals surface area contributed by atoms with Gasteiger partial charge in [0.15, 0.2) is 0 Å². The van der Waals surface area contributed by atoms with E-state index in [1.54, 1.807) is 0 Å². The summed E-state index contributed by atoms with van der Waals surface area (Å²) in [6.45, 7) is 5.67. The Bertz CT molecular complexity index is 185. The third kappa shape index (κ3) is 7.82. The Morgan fingerprint density at radius 3 is 1.85 bits per heavy atom. The van der Waals surface area contributed by atoms with Gasteiger partial charge in [0.25, 0.3) is 0 Å². The van der Waals surface area contributed by atoms with E-state index in [0.717, 1.165) is 13.2 Å². The number of hydrogen-bond donors (Lipinski definition) is 0. The number of benzene rings is 1. The summed E-state index contributed by atoms with van der Waals surface area (Å²) in [5, 5.41) is 0. The van der Waals surface area contributed by atoms with Gasteiger partial charge in [0, 0.05) is 19.1 Å². The van der Waals surface area contributed by atoms with Crippen molar-refractivity contribution >= 4 is 11.6 Å². The first-order chi connectivity index (χ1) is 6.35. The Morgan fingerprint density at radius 1 is 1.08 bits per heavy atom. The van der Waals surface area contributed by atoms with Crippen molar-refractivity contribution in [3.63, 3.8) is 0 Å². The topological polar surface area (TPSA) is 9.23 Å². The highest BCUT2D eigenvalue weighted by molar-refractivity contribution is 6.17. The maximum absolute atomic E-state index is 5.53. The first-order valence-corrected chi connectivity index (χ1v) is 5.06. The van der Waals surface area contributed by atoms with Gasteiger partial charge in [0.2, 0.25) is 0 Å². The van der Waals surface area contributed by atoms with E-state index in [4.69, 9.17) is 16.3 Å². The minimum Gasteiger partial charge on any atom is -0.382 e. The molecule has 0 spiro atoms. The molecule has 0 atom stereocenters. The van der Waals surface area contributed by atoms with Gasteiger partial charge in [-0.15, -0.1) is 11.6 Å². The molecule has 1 aromatic rings. The fraction of sp³-hybridized carbons (Fsp3) is 0.455. The molecule has 0 radical (unpaired) electrons. The maximum atomic E-state index is 5.53. The molecule has 13 heavy (non-hydrogen) atoms. The number of hydrogen-bond acceptors (Lipinski definition) is 1. The smallest absolute Gasteiger partial charge is 0.0474 e. The van der Waals surface area contributed by atoms with Crippen molar-refractivity contribution in [3.8, 4) is 0 Å². The van der Waals surface area contributed by atoms with Crippen molar-refractivity contribution in [2.75, 3.05) is 13.2 Å². The zero-order chi connectivity index (χ0) is 9.94. The molecule has 0 aromatic heterocycles. The van der Waals surface area contributed by atoms with Crippen molar-refractivity contribution < 1.29 is 4.74 Å². The lowest BCUT2D eigenvalue weighted by Crippen LogP contribution is -1.84. The molecule has 0 saturated heterocycles. The molecule has 0 aliphatic rings. The van der Waals surface area contributed by atoms with E-state index in [9.17, 15) is 0 Å². The fourth-order valence-corrected chi connectivity index (χ4v) is 0.949. The fourth-order valence-electron chi connectivity index (χ4n) is 0.771. The first-order valence-electron chi connectivity index (χ1n) is 4.52. The maximum Gasteiger partial charge on any atom is 0.0474 e. The monoisotopic (exact) mass is 200 g/mol. The van der Waals surface area contributed by atoms with Crippen LogP contribution in [-0.4, -0.2) is 13.2 Å². The second kappa shape index (κ2) is 9.56. The van der Waals surface area contributed by atoms with Crippen LogP contribution in [0.25, 0.3) is 0 Å². The van der Waals surface area contributed by atoms with Crippen molar-refractivity contribution in [2.45, 2.75) is 19.7 Å². The van der Waals surface area contributed by atoms with Crippen LogP contribution in [0.1, 0.15) is 19.4 Å². The normalized spacial score (nSPS) is 8.85. The molecule has 1 aromatic carbocycles. The largest absolute Gasteiger partial charge is 0.382 e. The molecule has 0 bridgehead atoms. The number of ether oxygens (including phenoxy) is 1. The van der Waals surface area contributed by atoms with Gasteiger partial charge in [-0.3, -0.25) is 0 Å². The van der Waals surface area contributed by atoms with Crippen LogP contribution in [0.5, 0.6) is 0 Å². The zero-order valence-electron chi connectivity index (χ0n) is 8.29. The Hall–Kier alpha value is -0.530. The van der Waals surface area contributed by atoms with E-state index in [2.05, 4.69) is 0 Å². The number of rotatable bonds is 3. The summed E-state index contributed by atoms with van der Waals surface area (Å²) in [6, 6.07) is 9.96. The summed E-state index contributed by atoms with van der Waals surface area (Å²) in [7, 11) is 0. The Morgan fingerprint density at radius 2 is 1.62 bits per heavy atom. The van der Waals surface area contributed by atoms with Crippen molar-refractivity contribution in [3.05, 3.63) is 35.9 Å². The lowest BCUT2D eigenvalue weighted by atomic mass is 10.2. The summed E-state index contributed by atoms with van der Waals surface area (Å²) in [5.74, 6) is 0.612. The standard InChI is InChI=1S/C7H7Cl.C4H10O/c8-6-7-4-2-1-3-5-7;1-3-5-4-2/h1-5H,6H2;3-4H2,1-2H3. The highest BCUT2D eigenvalue weighted by Gasteiger charge is 1.81. The molecule has 0 saturated carbocycles. The minimum absolute atomic E-state index is 0.612. The van der Waals surface area contributed by atoms with E-state index in [0.29, 0.717) is 5.88 Å². The van der Waals surface area contributed by atoms with Crippen molar-refractivity contribution in [1.82, 2.24) is 0 Å². The third-order valence-electron chi connectivity index (χ3n) is 1.41. The summed E-state index contributed by atoms with van der Waals surface area (Å²) in [4.78, 5) is 0. The van der Waals surface area contributed by atoms with E-state index in [-0.39, 0.29) is 0 Å². The van der Waals surface area contributed by atoms with Crippen molar-refractivity contribution in [1.29, 1.82) is 0 Å². The average Bonchev–Trinajstić information content (AvgIpc) is 2.21. The molecule has 0 amide bonds. The summed E-state index contributed by atoms with van der Waals surface area (Å²) < 4.78 is 4.83. The van der Waals surface area contributed by atoms with Crippen LogP contribution in [0, 0.1) is 0 Å². The third-order valence-corrected chi connectivity index (χ3v) is 1.71. The van der Waals surface area contributed by atoms with Crippen LogP contribution in [0.4, 0.5) is 0 Å². The molecule has 2 heteroatoms. The van der Waals surface area contributed by atoms with Crippen LogP contribution in [0.3, 0.4) is 0 Å². The highest BCUT2D eigenvalue weighted by Crippen LogP contribution is 2.00. The van der Waals surface area contributed by atoms with Gasteiger partial charge in [-0.1, -0.05) is 30.3 Å². The van der Waals surface area contributed by atoms with E-state index in [1.807, 2.05) is 44.2 Å². The number of alkyl halides is 1. The molecule has 1 nitrogen and oxygen atoms in total. The SMILES string of the molecule is CCOCC.ClCc1ccccc1. The summed E-state index contributed by atoms with van der Waals surface area (Å²) in [6.07, 6.45) is 0. The van der Waals surface area contributed by atoms with E-state index in [1.165, 1.54) is 5.56 Å². The van der Waals surface area contributed by atoms with Crippen LogP contribution < -0.4 is 0 Å². The van der Waals surface area contributed by atoms with Crippen LogP contribution in [-0.2, 0) is 10.6 Å². The molecule has 0 unspecified atom stereocenters. The predicted molar refractivity (Wildman–Crippen MR) is 58.2 cm³/mol. The second-order valence-electron chi connectivity index (χ2n) is 2.40. The van der Waals surface area contributed by atoms with Crippen LogP contribution in [0.15, 0.2) is 30.3 Å². The zero-order valence-corrected chi connectivity index (χ0v) is 9.05. The highest BCUT2D eigenvalue weighted by atomic mass is 35.5. The van der Waals surface area contributed by atoms with Gasteiger partial charge in [0.1, 0.15) is 0 Å². The van der Waals surface area contributed by atoms with Gasteiger partial charge < -0.3 is 4.74 Å². The molecular formula is C11H17ClO. The average molecular weight is 201 g/mol. The Kier molecular flexibility index (Phi) is 9.17. The van der Waals surface area contributed by atoms with Gasteiger partial charge in [-0.2, -0.15) is 0 Å². The van der Waals surface area contributed by atoms with Gasteiger partial charge in [-0.25, -0.2) is 0 Å². The molecule has 0 aliphatic carbocycles. The predicted octanol–water partition coefficient (Wildman–Crippen LogP) is 3.47. The lowest BCUT2D eigenvalue weighted by Gasteiger charge is -1.88. The second-order valence-corrected chi connectivity index (χ2v) is 2.67. The molecule has 0 N–H and O–H groups in total. The Labute approximate surface area is 85.7 Å². The molecule has 0 fully saturated rings. The van der Waals surface area contributed by atoms with Crippen LogP contribution in [0.2, 0.25) is 0 Å². The minimum atomic E-state index is 0.612. The van der Waals surface area contributed by atoms with Gasteiger partial charge in [-0.05, 0) is 19.4 Å². The van der Waals surface area contributed by atoms with Crippen LogP contribution >= 0.6 is 11.6 Å². The molecule has 74 valence electrons. The van der Waals surface area contributed by atoms with Crippen molar-refractivity contribution in [2.24, 2.45) is 0 Å². The summed E-state index contributed by atoms with van der Waals surface area (Å²) in [5.41, 5.74) is 1.18. The molecule has 1 rings (SSSR count). The molecular weight excluding hydrogens is 184 g/mol. The summed E-state index contributed by atoms with van der Waals surface area (Å²) >= 11 is 5.53. The van der Waals surface area contributed by atoms with E-state index >= 15 is 0 Å². The van der Waals surface area contributed by atoms with Gasteiger partial charge in [0.05, 0.1) is 0 Å².